The minimum absolute atomic E-state index is 0.0292. The van der Waals surface area contributed by atoms with Gasteiger partial charge in [0.1, 0.15) is 12.2 Å². The van der Waals surface area contributed by atoms with Crippen LogP contribution in [-0.4, -0.2) is 38.2 Å². The summed E-state index contributed by atoms with van der Waals surface area (Å²) in [6, 6.07) is 10.1. The fraction of sp³-hybridized carbons (Fsp3) is 0.581. The van der Waals surface area contributed by atoms with Crippen LogP contribution in [0.2, 0.25) is 18.1 Å². The zero-order chi connectivity index (χ0) is 27.4. The number of hydrogen-bond donors (Lipinski definition) is 0. The second-order valence-corrected chi connectivity index (χ2v) is 17.0. The molecule has 0 aromatic heterocycles. The van der Waals surface area contributed by atoms with Gasteiger partial charge in [0, 0.05) is 11.5 Å². The second-order valence-electron chi connectivity index (χ2n) is 12.3. The van der Waals surface area contributed by atoms with Crippen LogP contribution < -0.4 is 0 Å². The summed E-state index contributed by atoms with van der Waals surface area (Å²) < 4.78 is 25.9. The molecule has 0 amide bonds. The predicted octanol–water partition coefficient (Wildman–Crippen LogP) is 7.67. The van der Waals surface area contributed by atoms with E-state index in [0.717, 1.165) is 11.1 Å². The Morgan fingerprint density at radius 1 is 1.19 bits per heavy atom. The fourth-order valence-electron chi connectivity index (χ4n) is 4.72. The molecule has 0 saturated carbocycles. The third-order valence-electron chi connectivity index (χ3n) is 8.10. The molecule has 1 aromatic carbocycles. The third-order valence-corrected chi connectivity index (χ3v) is 12.6. The van der Waals surface area contributed by atoms with E-state index in [1.54, 1.807) is 6.08 Å². The number of cyclic esters (lactones) is 1. The lowest BCUT2D eigenvalue weighted by Crippen LogP contribution is -2.45. The normalized spacial score (nSPS) is 32.2. The Bertz CT molecular complexity index is 993. The molecule has 2 heterocycles. The van der Waals surface area contributed by atoms with E-state index in [1.165, 1.54) is 0 Å². The van der Waals surface area contributed by atoms with Crippen molar-refractivity contribution >= 4 is 14.3 Å². The van der Waals surface area contributed by atoms with Crippen molar-refractivity contribution in [2.75, 3.05) is 0 Å². The Labute approximate surface area is 225 Å². The zero-order valence-electron chi connectivity index (χ0n) is 24.0. The van der Waals surface area contributed by atoms with Crippen LogP contribution in [0, 0.1) is 5.92 Å². The highest BCUT2D eigenvalue weighted by Crippen LogP contribution is 2.44. The SMILES string of the molecule is C=CC=C(C)[C@H]1OC(=O)C[C@H](O[Si](C)(C)C(C)(C)C)CC[C@@]2(C)O[C@@H](c3ccccc3)O[C@H]2C=C[C@@H]1C. The molecule has 6 atom stereocenters. The first-order valence-corrected chi connectivity index (χ1v) is 16.4. The summed E-state index contributed by atoms with van der Waals surface area (Å²) in [5, 5.41) is 0.0292. The first-order valence-electron chi connectivity index (χ1n) is 13.5. The van der Waals surface area contributed by atoms with Crippen molar-refractivity contribution in [1.29, 1.82) is 0 Å². The van der Waals surface area contributed by atoms with Crippen molar-refractivity contribution < 1.29 is 23.4 Å². The summed E-state index contributed by atoms with van der Waals surface area (Å²) in [7, 11) is -2.12. The van der Waals surface area contributed by atoms with Crippen LogP contribution in [0.15, 0.2) is 66.8 Å². The Morgan fingerprint density at radius 3 is 2.49 bits per heavy atom. The highest BCUT2D eigenvalue weighted by atomic mass is 28.4. The van der Waals surface area contributed by atoms with Gasteiger partial charge in [-0.2, -0.15) is 0 Å². The average molecular weight is 527 g/mol. The zero-order valence-corrected chi connectivity index (χ0v) is 25.0. The lowest BCUT2D eigenvalue weighted by Gasteiger charge is -2.40. The number of esters is 1. The van der Waals surface area contributed by atoms with Gasteiger partial charge in [-0.25, -0.2) is 0 Å². The maximum Gasteiger partial charge on any atom is 0.308 e. The summed E-state index contributed by atoms with van der Waals surface area (Å²) in [5.74, 6) is -0.290. The largest absolute Gasteiger partial charge is 0.457 e. The predicted molar refractivity (Wildman–Crippen MR) is 152 cm³/mol. The molecule has 0 bridgehead atoms. The van der Waals surface area contributed by atoms with Gasteiger partial charge < -0.3 is 18.6 Å². The van der Waals surface area contributed by atoms with Crippen LogP contribution in [-0.2, 0) is 23.4 Å². The average Bonchev–Trinajstić information content (AvgIpc) is 3.15. The van der Waals surface area contributed by atoms with E-state index in [2.05, 4.69) is 66.4 Å². The van der Waals surface area contributed by atoms with Gasteiger partial charge in [-0.15, -0.1) is 0 Å². The van der Waals surface area contributed by atoms with Crippen LogP contribution in [0.3, 0.4) is 0 Å². The van der Waals surface area contributed by atoms with Crippen molar-refractivity contribution in [2.24, 2.45) is 5.92 Å². The van der Waals surface area contributed by atoms with Crippen LogP contribution >= 0.6 is 0 Å². The molecule has 1 fully saturated rings. The van der Waals surface area contributed by atoms with E-state index < -0.39 is 26.3 Å². The molecule has 5 nitrogen and oxygen atoms in total. The summed E-state index contributed by atoms with van der Waals surface area (Å²) in [4.78, 5) is 13.2. The summed E-state index contributed by atoms with van der Waals surface area (Å²) in [6.45, 7) is 21.1. The maximum absolute atomic E-state index is 13.2. The van der Waals surface area contributed by atoms with E-state index >= 15 is 0 Å². The van der Waals surface area contributed by atoms with E-state index in [-0.39, 0.29) is 35.6 Å². The van der Waals surface area contributed by atoms with E-state index in [4.69, 9.17) is 18.6 Å². The minimum atomic E-state index is -2.12. The number of carbonyl (C=O) groups excluding carboxylic acids is 1. The summed E-state index contributed by atoms with van der Waals surface area (Å²) >= 11 is 0. The van der Waals surface area contributed by atoms with E-state index in [1.807, 2.05) is 43.3 Å². The molecular weight excluding hydrogens is 480 g/mol. The van der Waals surface area contributed by atoms with Gasteiger partial charge >= 0.3 is 5.97 Å². The lowest BCUT2D eigenvalue weighted by molar-refractivity contribution is -0.151. The van der Waals surface area contributed by atoms with Crippen LogP contribution in [0.4, 0.5) is 0 Å². The lowest BCUT2D eigenvalue weighted by atomic mass is 9.89. The second kappa shape index (κ2) is 11.8. The van der Waals surface area contributed by atoms with Gasteiger partial charge in [0.15, 0.2) is 14.6 Å². The Kier molecular flexibility index (Phi) is 9.44. The van der Waals surface area contributed by atoms with Gasteiger partial charge in [-0.1, -0.05) is 88.9 Å². The number of benzene rings is 1. The third kappa shape index (κ3) is 7.32. The minimum Gasteiger partial charge on any atom is -0.457 e. The monoisotopic (exact) mass is 526 g/mol. The maximum atomic E-state index is 13.2. The highest BCUT2D eigenvalue weighted by molar-refractivity contribution is 6.74. The standard InChI is InChI=1S/C31H46O5Si/c1-10-14-22(2)28-23(3)17-18-26-31(7,35-29(33-26)24-15-12-11-13-16-24)20-19-25(21-27(32)34-28)36-37(8,9)30(4,5)6/h10-18,23,25-26,28-29H,1,19-21H2,2-9H3/t23-,25+,26-,28+,29-,31+/m0/s1. The van der Waals surface area contributed by atoms with Gasteiger partial charge in [-0.05, 0) is 50.4 Å². The Balaban J connectivity index is 1.97. The number of carbonyl (C=O) groups is 1. The van der Waals surface area contributed by atoms with Crippen LogP contribution in [0.25, 0.3) is 0 Å². The molecule has 0 spiro atoms. The number of hydrogen-bond acceptors (Lipinski definition) is 5. The Morgan fingerprint density at radius 2 is 1.86 bits per heavy atom. The molecule has 1 aromatic rings. The van der Waals surface area contributed by atoms with E-state index in [9.17, 15) is 4.79 Å². The molecule has 3 rings (SSSR count). The molecule has 0 aliphatic carbocycles. The van der Waals surface area contributed by atoms with Gasteiger partial charge in [0.2, 0.25) is 0 Å². The van der Waals surface area contributed by atoms with E-state index in [0.29, 0.717) is 12.8 Å². The fourth-order valence-corrected chi connectivity index (χ4v) is 6.10. The van der Waals surface area contributed by atoms with Crippen molar-refractivity contribution in [3.8, 4) is 0 Å². The first-order chi connectivity index (χ1) is 17.3. The molecule has 2 aliphatic heterocycles. The van der Waals surface area contributed by atoms with Crippen molar-refractivity contribution in [1.82, 2.24) is 0 Å². The molecule has 6 heteroatoms. The molecule has 37 heavy (non-hydrogen) atoms. The number of allylic oxidation sites excluding steroid dienone is 2. The number of fused-ring (bicyclic) bond motifs is 1. The first kappa shape index (κ1) is 29.6. The molecule has 2 aliphatic rings. The van der Waals surface area contributed by atoms with Gasteiger partial charge in [-0.3, -0.25) is 4.79 Å². The quantitative estimate of drug-likeness (QED) is 0.170. The van der Waals surface area contributed by atoms with Crippen molar-refractivity contribution in [2.45, 2.75) is 109 Å². The smallest absolute Gasteiger partial charge is 0.308 e. The topological polar surface area (TPSA) is 54.0 Å². The Hall–Kier alpha value is -1.99. The number of ether oxygens (including phenoxy) is 3. The molecule has 1 saturated heterocycles. The van der Waals surface area contributed by atoms with Gasteiger partial charge in [0.25, 0.3) is 0 Å². The van der Waals surface area contributed by atoms with Crippen molar-refractivity contribution in [3.63, 3.8) is 0 Å². The summed E-state index contributed by atoms with van der Waals surface area (Å²) in [6.07, 6.45) is 8.05. The molecule has 0 N–H and O–H groups in total. The summed E-state index contributed by atoms with van der Waals surface area (Å²) in [5.41, 5.74) is 1.39. The van der Waals surface area contributed by atoms with Crippen LogP contribution in [0.1, 0.15) is 72.7 Å². The molecular formula is C31H46O5Si. The number of rotatable bonds is 5. The van der Waals surface area contributed by atoms with Crippen molar-refractivity contribution in [3.05, 3.63) is 72.4 Å². The molecule has 204 valence electrons. The molecule has 0 radical (unpaired) electrons. The van der Waals surface area contributed by atoms with Crippen LogP contribution in [0.5, 0.6) is 0 Å². The van der Waals surface area contributed by atoms with Gasteiger partial charge in [0.05, 0.1) is 18.1 Å². The molecule has 0 unspecified atom stereocenters. The highest BCUT2D eigenvalue weighted by Gasteiger charge is 2.47.